The number of anilines is 1. The summed E-state index contributed by atoms with van der Waals surface area (Å²) in [6.45, 7) is 1.91. The maximum absolute atomic E-state index is 10.9. The first kappa shape index (κ1) is 10.2. The molecule has 3 N–H and O–H groups in total. The summed E-state index contributed by atoms with van der Waals surface area (Å²) in [5.74, 6) is -1.41. The van der Waals surface area contributed by atoms with Gasteiger partial charge in [0, 0.05) is 5.56 Å². The maximum Gasteiger partial charge on any atom is 0.374 e. The molecule has 0 aliphatic carbocycles. The van der Waals surface area contributed by atoms with Crippen LogP contribution in [0.15, 0.2) is 28.7 Å². The van der Waals surface area contributed by atoms with Gasteiger partial charge in [0.2, 0.25) is 5.76 Å². The van der Waals surface area contributed by atoms with Gasteiger partial charge in [0.1, 0.15) is 5.69 Å². The lowest BCUT2D eigenvalue weighted by Gasteiger charge is -1.98. The Hall–Kier alpha value is -2.30. The first-order valence-corrected chi connectivity index (χ1v) is 4.64. The number of oxazole rings is 1. The van der Waals surface area contributed by atoms with Crippen LogP contribution in [0.5, 0.6) is 0 Å². The lowest BCUT2D eigenvalue weighted by Crippen LogP contribution is -1.96. The van der Waals surface area contributed by atoms with E-state index in [0.717, 1.165) is 5.56 Å². The number of rotatable bonds is 2. The highest BCUT2D eigenvalue weighted by Gasteiger charge is 2.19. The van der Waals surface area contributed by atoms with Gasteiger partial charge in [0.25, 0.3) is 6.01 Å². The lowest BCUT2D eigenvalue weighted by molar-refractivity contribution is 0.0665. The second-order valence-electron chi connectivity index (χ2n) is 3.40. The normalized spacial score (nSPS) is 10.3. The standard InChI is InChI=1S/C11H10N2O3/c1-6-3-2-4-7(5-6)8-9(10(14)15)16-11(12)13-8/h2-5H,1H3,(H2,12,13)(H,14,15). The molecule has 1 heterocycles. The van der Waals surface area contributed by atoms with Gasteiger partial charge in [0.05, 0.1) is 0 Å². The molecule has 0 unspecified atom stereocenters. The van der Waals surface area contributed by atoms with Crippen LogP contribution in [0.25, 0.3) is 11.3 Å². The summed E-state index contributed by atoms with van der Waals surface area (Å²) in [6.07, 6.45) is 0. The van der Waals surface area contributed by atoms with E-state index in [1.54, 1.807) is 6.07 Å². The summed E-state index contributed by atoms with van der Waals surface area (Å²) in [5, 5.41) is 8.92. The van der Waals surface area contributed by atoms with E-state index in [0.29, 0.717) is 5.56 Å². The Balaban J connectivity index is 2.59. The highest BCUT2D eigenvalue weighted by molar-refractivity contribution is 5.92. The van der Waals surface area contributed by atoms with E-state index in [1.807, 2.05) is 25.1 Å². The fraction of sp³-hybridized carbons (Fsp3) is 0.0909. The quantitative estimate of drug-likeness (QED) is 0.803. The van der Waals surface area contributed by atoms with Crippen molar-refractivity contribution in [2.24, 2.45) is 0 Å². The molecule has 82 valence electrons. The van der Waals surface area contributed by atoms with Crippen molar-refractivity contribution in [2.45, 2.75) is 6.92 Å². The average Bonchev–Trinajstić information content (AvgIpc) is 2.60. The molecule has 1 aromatic heterocycles. The van der Waals surface area contributed by atoms with Crippen molar-refractivity contribution in [1.82, 2.24) is 4.98 Å². The predicted octanol–water partition coefficient (Wildman–Crippen LogP) is 1.93. The molecule has 5 nitrogen and oxygen atoms in total. The third-order valence-electron chi connectivity index (χ3n) is 2.13. The first-order valence-electron chi connectivity index (χ1n) is 4.64. The van der Waals surface area contributed by atoms with Crippen LogP contribution in [0.4, 0.5) is 6.01 Å². The smallest absolute Gasteiger partial charge is 0.374 e. The minimum absolute atomic E-state index is 0.145. The molecule has 0 fully saturated rings. The maximum atomic E-state index is 10.9. The van der Waals surface area contributed by atoms with Crippen LogP contribution < -0.4 is 5.73 Å². The van der Waals surface area contributed by atoms with Crippen molar-refractivity contribution < 1.29 is 14.3 Å². The Morgan fingerprint density at radius 1 is 1.50 bits per heavy atom. The van der Waals surface area contributed by atoms with Crippen LogP contribution in [0.1, 0.15) is 16.1 Å². The van der Waals surface area contributed by atoms with Crippen molar-refractivity contribution in [3.05, 3.63) is 35.6 Å². The number of aryl methyl sites for hydroxylation is 1. The highest BCUT2D eigenvalue weighted by atomic mass is 16.4. The van der Waals surface area contributed by atoms with E-state index in [4.69, 9.17) is 15.3 Å². The highest BCUT2D eigenvalue weighted by Crippen LogP contribution is 2.25. The number of nitrogens with two attached hydrogens (primary N) is 1. The van der Waals surface area contributed by atoms with E-state index < -0.39 is 5.97 Å². The Morgan fingerprint density at radius 2 is 2.25 bits per heavy atom. The summed E-state index contributed by atoms with van der Waals surface area (Å²) >= 11 is 0. The van der Waals surface area contributed by atoms with Crippen molar-refractivity contribution in [3.63, 3.8) is 0 Å². The molecule has 2 rings (SSSR count). The summed E-state index contributed by atoms with van der Waals surface area (Å²) in [4.78, 5) is 14.8. The third-order valence-corrected chi connectivity index (χ3v) is 2.13. The Kier molecular flexibility index (Phi) is 2.36. The number of nitrogens with zero attached hydrogens (tertiary/aromatic N) is 1. The molecule has 0 aliphatic rings. The van der Waals surface area contributed by atoms with Gasteiger partial charge in [-0.05, 0) is 13.0 Å². The van der Waals surface area contributed by atoms with Gasteiger partial charge >= 0.3 is 5.97 Å². The van der Waals surface area contributed by atoms with Crippen LogP contribution >= 0.6 is 0 Å². The summed E-state index contributed by atoms with van der Waals surface area (Å²) in [5.41, 5.74) is 7.30. The molecular formula is C11H10N2O3. The summed E-state index contributed by atoms with van der Waals surface area (Å²) in [7, 11) is 0. The van der Waals surface area contributed by atoms with Gasteiger partial charge in [-0.1, -0.05) is 23.8 Å². The number of aromatic carboxylic acids is 1. The van der Waals surface area contributed by atoms with Crippen molar-refractivity contribution >= 4 is 12.0 Å². The molecule has 0 aliphatic heterocycles. The Morgan fingerprint density at radius 3 is 2.88 bits per heavy atom. The van der Waals surface area contributed by atoms with E-state index in [1.165, 1.54) is 0 Å². The molecule has 2 aromatic rings. The van der Waals surface area contributed by atoms with Gasteiger partial charge in [0.15, 0.2) is 0 Å². The van der Waals surface area contributed by atoms with E-state index in [9.17, 15) is 4.79 Å². The molecule has 0 bridgehead atoms. The van der Waals surface area contributed by atoms with Gasteiger partial charge in [-0.15, -0.1) is 0 Å². The molecule has 16 heavy (non-hydrogen) atoms. The van der Waals surface area contributed by atoms with Crippen LogP contribution in [-0.2, 0) is 0 Å². The monoisotopic (exact) mass is 218 g/mol. The van der Waals surface area contributed by atoms with Gasteiger partial charge < -0.3 is 15.3 Å². The summed E-state index contributed by atoms with van der Waals surface area (Å²) < 4.78 is 4.84. The minimum Gasteiger partial charge on any atom is -0.475 e. The second-order valence-corrected chi connectivity index (χ2v) is 3.40. The number of benzene rings is 1. The van der Waals surface area contributed by atoms with Crippen LogP contribution in [0, 0.1) is 6.92 Å². The van der Waals surface area contributed by atoms with E-state index >= 15 is 0 Å². The van der Waals surface area contributed by atoms with Gasteiger partial charge in [-0.3, -0.25) is 0 Å². The van der Waals surface area contributed by atoms with Crippen molar-refractivity contribution in [2.75, 3.05) is 5.73 Å². The second kappa shape index (κ2) is 3.69. The van der Waals surface area contributed by atoms with E-state index in [-0.39, 0.29) is 17.5 Å². The Labute approximate surface area is 91.5 Å². The topological polar surface area (TPSA) is 89.4 Å². The zero-order valence-electron chi connectivity index (χ0n) is 8.60. The largest absolute Gasteiger partial charge is 0.475 e. The molecule has 0 saturated carbocycles. The Bertz CT molecular complexity index is 546. The molecule has 5 heteroatoms. The fourth-order valence-corrected chi connectivity index (χ4v) is 1.47. The lowest BCUT2D eigenvalue weighted by atomic mass is 10.1. The minimum atomic E-state index is -1.18. The van der Waals surface area contributed by atoms with Gasteiger partial charge in [-0.25, -0.2) is 4.79 Å². The SMILES string of the molecule is Cc1cccc(-c2nc(N)oc2C(=O)O)c1. The number of hydrogen-bond acceptors (Lipinski definition) is 4. The number of carboxylic acid groups (broad SMARTS) is 1. The van der Waals surface area contributed by atoms with Gasteiger partial charge in [-0.2, -0.15) is 4.98 Å². The fourth-order valence-electron chi connectivity index (χ4n) is 1.47. The number of nitrogen functional groups attached to an aromatic ring is 1. The molecule has 0 atom stereocenters. The zero-order valence-corrected chi connectivity index (χ0v) is 8.60. The molecule has 0 spiro atoms. The first-order chi connectivity index (χ1) is 7.58. The van der Waals surface area contributed by atoms with Crippen LogP contribution in [0.2, 0.25) is 0 Å². The van der Waals surface area contributed by atoms with Crippen LogP contribution in [-0.4, -0.2) is 16.1 Å². The summed E-state index contributed by atoms with van der Waals surface area (Å²) in [6, 6.07) is 7.17. The van der Waals surface area contributed by atoms with E-state index in [2.05, 4.69) is 4.98 Å². The third kappa shape index (κ3) is 1.75. The molecule has 0 saturated heterocycles. The molecule has 0 amide bonds. The number of carbonyl (C=O) groups is 1. The molecular weight excluding hydrogens is 208 g/mol. The number of carboxylic acids is 1. The van der Waals surface area contributed by atoms with Crippen molar-refractivity contribution in [1.29, 1.82) is 0 Å². The number of aromatic nitrogens is 1. The van der Waals surface area contributed by atoms with Crippen LogP contribution in [0.3, 0.4) is 0 Å². The average molecular weight is 218 g/mol. The zero-order chi connectivity index (χ0) is 11.7. The predicted molar refractivity (Wildman–Crippen MR) is 58.0 cm³/mol. The molecule has 1 aromatic carbocycles. The number of hydrogen-bond donors (Lipinski definition) is 2. The van der Waals surface area contributed by atoms with Crippen molar-refractivity contribution in [3.8, 4) is 11.3 Å². The molecule has 0 radical (unpaired) electrons.